The van der Waals surface area contributed by atoms with Crippen LogP contribution in [0.5, 0.6) is 0 Å². The number of nitrogens with zero attached hydrogens (tertiary/aromatic N) is 3. The minimum atomic E-state index is 0.376. The topological polar surface area (TPSA) is 42.2 Å². The van der Waals surface area contributed by atoms with Crippen LogP contribution in [0.2, 0.25) is 0 Å². The van der Waals surface area contributed by atoms with Gasteiger partial charge in [0.25, 0.3) is 0 Å². The summed E-state index contributed by atoms with van der Waals surface area (Å²) < 4.78 is 5.69. The lowest BCUT2D eigenvalue weighted by molar-refractivity contribution is 0.228. The zero-order chi connectivity index (χ0) is 12.5. The molecule has 4 nitrogen and oxygen atoms in total. The fourth-order valence-electron chi connectivity index (χ4n) is 1.92. The van der Waals surface area contributed by atoms with E-state index in [9.17, 15) is 0 Å². The maximum atomic E-state index is 5.69. The second-order valence-corrected chi connectivity index (χ2v) is 5.89. The predicted molar refractivity (Wildman–Crippen MR) is 70.5 cm³/mol. The number of aromatic nitrogens is 2. The Bertz CT molecular complexity index is 504. The van der Waals surface area contributed by atoms with Gasteiger partial charge in [0.2, 0.25) is 11.8 Å². The summed E-state index contributed by atoms with van der Waals surface area (Å²) in [5, 5.41) is 10.3. The molecule has 5 heteroatoms. The second kappa shape index (κ2) is 4.82. The van der Waals surface area contributed by atoms with Crippen molar-refractivity contribution in [1.29, 1.82) is 0 Å². The van der Waals surface area contributed by atoms with Crippen molar-refractivity contribution in [3.05, 3.63) is 34.2 Å². The third-order valence-corrected chi connectivity index (χ3v) is 4.45. The van der Waals surface area contributed by atoms with Gasteiger partial charge in [-0.1, -0.05) is 6.07 Å². The molecule has 0 radical (unpaired) electrons. The van der Waals surface area contributed by atoms with Crippen molar-refractivity contribution in [1.82, 2.24) is 15.1 Å². The fraction of sp³-hybridized carbons (Fsp3) is 0.538. The minimum Gasteiger partial charge on any atom is -0.424 e. The first kappa shape index (κ1) is 11.9. The van der Waals surface area contributed by atoms with E-state index < -0.39 is 0 Å². The molecule has 1 fully saturated rings. The summed E-state index contributed by atoms with van der Waals surface area (Å²) in [6.45, 7) is 2.91. The van der Waals surface area contributed by atoms with Gasteiger partial charge >= 0.3 is 0 Å². The summed E-state index contributed by atoms with van der Waals surface area (Å²) in [7, 11) is 2.09. The van der Waals surface area contributed by atoms with E-state index in [-0.39, 0.29) is 0 Å². The predicted octanol–water partition coefficient (Wildman–Crippen LogP) is 3.20. The molecule has 0 spiro atoms. The molecule has 2 heterocycles. The summed E-state index contributed by atoms with van der Waals surface area (Å²) in [4.78, 5) is 3.59. The van der Waals surface area contributed by atoms with Crippen molar-refractivity contribution in [3.8, 4) is 0 Å². The molecule has 1 atom stereocenters. The summed E-state index contributed by atoms with van der Waals surface area (Å²) in [6.07, 6.45) is 2.39. The van der Waals surface area contributed by atoms with Crippen LogP contribution >= 0.6 is 11.3 Å². The van der Waals surface area contributed by atoms with Crippen molar-refractivity contribution in [2.45, 2.75) is 38.3 Å². The molecule has 96 valence electrons. The Kier molecular flexibility index (Phi) is 3.18. The Hall–Kier alpha value is -1.20. The van der Waals surface area contributed by atoms with Gasteiger partial charge in [-0.3, -0.25) is 4.90 Å². The van der Waals surface area contributed by atoms with E-state index in [1.54, 1.807) is 11.3 Å². The first-order valence-electron chi connectivity index (χ1n) is 6.30. The monoisotopic (exact) mass is 263 g/mol. The second-order valence-electron chi connectivity index (χ2n) is 4.91. The van der Waals surface area contributed by atoms with Crippen molar-refractivity contribution >= 4 is 11.3 Å². The molecule has 1 unspecified atom stereocenters. The molecule has 1 saturated carbocycles. The zero-order valence-corrected chi connectivity index (χ0v) is 11.5. The molecule has 0 saturated heterocycles. The normalized spacial score (nSPS) is 17.3. The average molecular weight is 263 g/mol. The third kappa shape index (κ3) is 2.47. The van der Waals surface area contributed by atoms with Gasteiger partial charge in [0.15, 0.2) is 0 Å². The van der Waals surface area contributed by atoms with E-state index >= 15 is 0 Å². The van der Waals surface area contributed by atoms with E-state index in [4.69, 9.17) is 4.42 Å². The van der Waals surface area contributed by atoms with Crippen LogP contribution in [0.15, 0.2) is 21.9 Å². The van der Waals surface area contributed by atoms with Crippen LogP contribution in [0.3, 0.4) is 0 Å². The van der Waals surface area contributed by atoms with Crippen LogP contribution in [-0.4, -0.2) is 22.1 Å². The quantitative estimate of drug-likeness (QED) is 0.830. The van der Waals surface area contributed by atoms with Gasteiger partial charge < -0.3 is 4.42 Å². The summed E-state index contributed by atoms with van der Waals surface area (Å²) >= 11 is 1.78. The maximum Gasteiger partial charge on any atom is 0.230 e. The minimum absolute atomic E-state index is 0.376. The fourth-order valence-corrected chi connectivity index (χ4v) is 2.77. The Balaban J connectivity index is 1.64. The zero-order valence-electron chi connectivity index (χ0n) is 10.7. The molecule has 2 aromatic heterocycles. The molecule has 1 aliphatic rings. The smallest absolute Gasteiger partial charge is 0.230 e. The van der Waals surface area contributed by atoms with Crippen LogP contribution in [0.25, 0.3) is 0 Å². The highest BCUT2D eigenvalue weighted by atomic mass is 32.1. The van der Waals surface area contributed by atoms with Crippen LogP contribution < -0.4 is 0 Å². The average Bonchev–Trinajstić information content (AvgIpc) is 2.91. The van der Waals surface area contributed by atoms with E-state index in [1.165, 1.54) is 17.7 Å². The highest BCUT2D eigenvalue weighted by Gasteiger charge is 2.29. The highest BCUT2D eigenvalue weighted by Crippen LogP contribution is 2.39. The van der Waals surface area contributed by atoms with Gasteiger partial charge in [-0.15, -0.1) is 21.5 Å². The van der Waals surface area contributed by atoms with Gasteiger partial charge in [0.05, 0.1) is 6.54 Å². The standard InChI is InChI=1S/C13H17N3OS/c1-9(11-4-3-7-18-11)16(2)8-12-14-15-13(17-12)10-5-6-10/h3-4,7,9-10H,5-6,8H2,1-2H3. The molecule has 3 rings (SSSR count). The first-order chi connectivity index (χ1) is 8.74. The van der Waals surface area contributed by atoms with Crippen LogP contribution in [0.1, 0.15) is 48.4 Å². The highest BCUT2D eigenvalue weighted by molar-refractivity contribution is 7.10. The number of thiophene rings is 1. The van der Waals surface area contributed by atoms with Crippen molar-refractivity contribution in [3.63, 3.8) is 0 Å². The van der Waals surface area contributed by atoms with Crippen LogP contribution in [-0.2, 0) is 6.54 Å². The van der Waals surface area contributed by atoms with E-state index in [2.05, 4.69) is 46.6 Å². The van der Waals surface area contributed by atoms with Crippen LogP contribution in [0, 0.1) is 0 Å². The van der Waals surface area contributed by atoms with E-state index in [0.717, 1.165) is 11.8 Å². The first-order valence-corrected chi connectivity index (χ1v) is 7.18. The molecule has 2 aromatic rings. The van der Waals surface area contributed by atoms with Gasteiger partial charge in [-0.2, -0.15) is 0 Å². The molecule has 0 amide bonds. The van der Waals surface area contributed by atoms with Gasteiger partial charge in [0, 0.05) is 16.8 Å². The molecular formula is C13H17N3OS. The molecule has 0 aromatic carbocycles. The van der Waals surface area contributed by atoms with E-state index in [0.29, 0.717) is 18.5 Å². The SMILES string of the molecule is CC(c1cccs1)N(C)Cc1nnc(C2CC2)o1. The summed E-state index contributed by atoms with van der Waals surface area (Å²) in [5.74, 6) is 2.08. The summed E-state index contributed by atoms with van der Waals surface area (Å²) in [6, 6.07) is 4.62. The Morgan fingerprint density at radius 2 is 2.33 bits per heavy atom. The van der Waals surface area contributed by atoms with Gasteiger partial charge in [-0.05, 0) is 38.3 Å². The Morgan fingerprint density at radius 1 is 1.50 bits per heavy atom. The van der Waals surface area contributed by atoms with Gasteiger partial charge in [-0.25, -0.2) is 0 Å². The Labute approximate surface area is 111 Å². The molecule has 0 bridgehead atoms. The lowest BCUT2D eigenvalue weighted by Crippen LogP contribution is -2.21. The molecule has 18 heavy (non-hydrogen) atoms. The maximum absolute atomic E-state index is 5.69. The van der Waals surface area contributed by atoms with Gasteiger partial charge in [0.1, 0.15) is 0 Å². The van der Waals surface area contributed by atoms with Crippen LogP contribution in [0.4, 0.5) is 0 Å². The van der Waals surface area contributed by atoms with E-state index in [1.807, 2.05) is 0 Å². The molecule has 0 aliphatic heterocycles. The lowest BCUT2D eigenvalue weighted by atomic mass is 10.2. The molecule has 1 aliphatic carbocycles. The number of hydrogen-bond acceptors (Lipinski definition) is 5. The third-order valence-electron chi connectivity index (χ3n) is 3.41. The number of hydrogen-bond donors (Lipinski definition) is 0. The molecular weight excluding hydrogens is 246 g/mol. The van der Waals surface area contributed by atoms with Crippen molar-refractivity contribution < 1.29 is 4.42 Å². The number of rotatable bonds is 5. The Morgan fingerprint density at radius 3 is 3.00 bits per heavy atom. The lowest BCUT2D eigenvalue weighted by Gasteiger charge is -2.21. The summed E-state index contributed by atoms with van der Waals surface area (Å²) in [5.41, 5.74) is 0. The molecule has 0 N–H and O–H groups in total. The van der Waals surface area contributed by atoms with Crippen molar-refractivity contribution in [2.75, 3.05) is 7.05 Å². The largest absolute Gasteiger partial charge is 0.424 e. The van der Waals surface area contributed by atoms with Crippen molar-refractivity contribution in [2.24, 2.45) is 0 Å².